The summed E-state index contributed by atoms with van der Waals surface area (Å²) in [6.45, 7) is 7.24. The molecule has 0 saturated heterocycles. The predicted molar refractivity (Wildman–Crippen MR) is 79.5 cm³/mol. The molecule has 108 valence electrons. The molecule has 0 fully saturated rings. The molecule has 0 amide bonds. The van der Waals surface area contributed by atoms with Crippen molar-refractivity contribution >= 4 is 0 Å². The van der Waals surface area contributed by atoms with E-state index in [0.717, 1.165) is 30.8 Å². The lowest BCUT2D eigenvalue weighted by atomic mass is 10.0. The van der Waals surface area contributed by atoms with Gasteiger partial charge in [0.2, 0.25) is 0 Å². The number of hydrogen-bond donors (Lipinski definition) is 1. The van der Waals surface area contributed by atoms with Crippen molar-refractivity contribution in [3.05, 3.63) is 41.2 Å². The highest BCUT2D eigenvalue weighted by Crippen LogP contribution is 2.20. The Bertz CT molecular complexity index is 547. The van der Waals surface area contributed by atoms with E-state index in [1.54, 1.807) is 12.4 Å². The summed E-state index contributed by atoms with van der Waals surface area (Å²) in [6.07, 6.45) is 7.30. The first-order chi connectivity index (χ1) is 9.63. The van der Waals surface area contributed by atoms with E-state index in [-0.39, 0.29) is 6.04 Å². The van der Waals surface area contributed by atoms with Crippen LogP contribution in [0.15, 0.2) is 18.6 Å². The number of rotatable bonds is 6. The van der Waals surface area contributed by atoms with Crippen LogP contribution in [-0.4, -0.2) is 26.3 Å². The van der Waals surface area contributed by atoms with Crippen molar-refractivity contribution in [1.29, 1.82) is 0 Å². The van der Waals surface area contributed by atoms with Crippen molar-refractivity contribution < 1.29 is 0 Å². The Balaban J connectivity index is 2.10. The summed E-state index contributed by atoms with van der Waals surface area (Å²) in [5.41, 5.74) is 4.73. The van der Waals surface area contributed by atoms with Gasteiger partial charge in [-0.15, -0.1) is 0 Å². The lowest BCUT2D eigenvalue weighted by Crippen LogP contribution is -2.22. The molecule has 5 heteroatoms. The Morgan fingerprint density at radius 3 is 2.65 bits per heavy atom. The molecule has 0 aromatic carbocycles. The topological polar surface area (TPSA) is 55.6 Å². The molecule has 0 aliphatic rings. The number of hydrogen-bond acceptors (Lipinski definition) is 4. The summed E-state index contributed by atoms with van der Waals surface area (Å²) in [5.74, 6) is 0. The summed E-state index contributed by atoms with van der Waals surface area (Å²) < 4.78 is 1.95. The van der Waals surface area contributed by atoms with E-state index >= 15 is 0 Å². The highest BCUT2D eigenvalue weighted by Gasteiger charge is 2.15. The molecule has 20 heavy (non-hydrogen) atoms. The fourth-order valence-corrected chi connectivity index (χ4v) is 2.56. The largest absolute Gasteiger partial charge is 0.309 e. The highest BCUT2D eigenvalue weighted by atomic mass is 15.3. The fourth-order valence-electron chi connectivity index (χ4n) is 2.56. The predicted octanol–water partition coefficient (Wildman–Crippen LogP) is 2.11. The monoisotopic (exact) mass is 273 g/mol. The quantitative estimate of drug-likeness (QED) is 0.876. The van der Waals surface area contributed by atoms with Crippen molar-refractivity contribution in [2.45, 2.75) is 39.7 Å². The number of nitrogens with one attached hydrogen (secondary N) is 1. The zero-order valence-corrected chi connectivity index (χ0v) is 12.7. The van der Waals surface area contributed by atoms with Gasteiger partial charge < -0.3 is 5.32 Å². The third-order valence-electron chi connectivity index (χ3n) is 3.73. The molecule has 0 aliphatic carbocycles. The average Bonchev–Trinajstić information content (AvgIpc) is 2.70. The Labute approximate surface area is 120 Å². The maximum atomic E-state index is 4.48. The lowest BCUT2D eigenvalue weighted by Gasteiger charge is -2.17. The fraction of sp³-hybridized carbons (Fsp3) is 0.533. The average molecular weight is 273 g/mol. The van der Waals surface area contributed by atoms with E-state index in [2.05, 4.69) is 41.2 Å². The Morgan fingerprint density at radius 2 is 2.10 bits per heavy atom. The molecule has 0 spiro atoms. The molecule has 0 radical (unpaired) electrons. The van der Waals surface area contributed by atoms with Crippen LogP contribution in [0.25, 0.3) is 0 Å². The smallest absolute Gasteiger partial charge is 0.0756 e. The van der Waals surface area contributed by atoms with Crippen LogP contribution in [0, 0.1) is 13.8 Å². The van der Waals surface area contributed by atoms with Crippen LogP contribution in [-0.2, 0) is 13.5 Å². The van der Waals surface area contributed by atoms with Gasteiger partial charge >= 0.3 is 0 Å². The lowest BCUT2D eigenvalue weighted by molar-refractivity contribution is 0.501. The van der Waals surface area contributed by atoms with Crippen LogP contribution in [0.4, 0.5) is 0 Å². The van der Waals surface area contributed by atoms with E-state index in [4.69, 9.17) is 0 Å². The molecule has 1 unspecified atom stereocenters. The van der Waals surface area contributed by atoms with Crippen LogP contribution in [0.2, 0.25) is 0 Å². The van der Waals surface area contributed by atoms with Gasteiger partial charge in [0, 0.05) is 31.3 Å². The van der Waals surface area contributed by atoms with Gasteiger partial charge in [-0.05, 0) is 38.8 Å². The van der Waals surface area contributed by atoms with Crippen LogP contribution < -0.4 is 5.32 Å². The SMILES string of the molecule is CCNC(CCc1c(C)nn(C)c1C)c1cnccn1. The highest BCUT2D eigenvalue weighted by molar-refractivity contribution is 5.24. The summed E-state index contributed by atoms with van der Waals surface area (Å²) in [6, 6.07) is 0.243. The summed E-state index contributed by atoms with van der Waals surface area (Å²) in [7, 11) is 2.00. The van der Waals surface area contributed by atoms with E-state index in [1.165, 1.54) is 11.3 Å². The van der Waals surface area contributed by atoms with Crippen molar-refractivity contribution in [2.24, 2.45) is 7.05 Å². The maximum absolute atomic E-state index is 4.48. The van der Waals surface area contributed by atoms with Crippen molar-refractivity contribution in [1.82, 2.24) is 25.1 Å². The standard InChI is InChI=1S/C15H23N5/c1-5-17-14(15-10-16-8-9-18-15)7-6-13-11(2)19-20(4)12(13)3/h8-10,14,17H,5-7H2,1-4H3. The van der Waals surface area contributed by atoms with Crippen LogP contribution in [0.5, 0.6) is 0 Å². The molecule has 0 aliphatic heterocycles. The molecule has 1 atom stereocenters. The Hall–Kier alpha value is -1.75. The molecule has 0 bridgehead atoms. The van der Waals surface area contributed by atoms with Gasteiger partial charge in [-0.25, -0.2) is 0 Å². The van der Waals surface area contributed by atoms with E-state index < -0.39 is 0 Å². The summed E-state index contributed by atoms with van der Waals surface area (Å²) in [5, 5.41) is 7.96. The second-order valence-electron chi connectivity index (χ2n) is 5.05. The Morgan fingerprint density at radius 1 is 1.30 bits per heavy atom. The molecular formula is C15H23N5. The summed E-state index contributed by atoms with van der Waals surface area (Å²) in [4.78, 5) is 8.58. The number of nitrogens with zero attached hydrogens (tertiary/aromatic N) is 4. The van der Waals surface area contributed by atoms with Crippen LogP contribution >= 0.6 is 0 Å². The van der Waals surface area contributed by atoms with Gasteiger partial charge in [0.1, 0.15) is 0 Å². The minimum absolute atomic E-state index is 0.243. The molecule has 2 aromatic rings. The van der Waals surface area contributed by atoms with Crippen LogP contribution in [0.3, 0.4) is 0 Å². The molecular weight excluding hydrogens is 250 g/mol. The maximum Gasteiger partial charge on any atom is 0.0756 e. The molecule has 2 heterocycles. The third-order valence-corrected chi connectivity index (χ3v) is 3.73. The van der Waals surface area contributed by atoms with Crippen molar-refractivity contribution in [2.75, 3.05) is 6.54 Å². The zero-order chi connectivity index (χ0) is 14.5. The molecule has 2 aromatic heterocycles. The second-order valence-corrected chi connectivity index (χ2v) is 5.05. The van der Waals surface area contributed by atoms with Crippen molar-refractivity contribution in [3.8, 4) is 0 Å². The first-order valence-corrected chi connectivity index (χ1v) is 7.11. The normalized spacial score (nSPS) is 12.6. The van der Waals surface area contributed by atoms with Gasteiger partial charge in [-0.1, -0.05) is 6.92 Å². The second kappa shape index (κ2) is 6.61. The first-order valence-electron chi connectivity index (χ1n) is 7.11. The molecule has 2 rings (SSSR count). The minimum atomic E-state index is 0.243. The van der Waals surface area contributed by atoms with Gasteiger partial charge in [-0.3, -0.25) is 14.6 Å². The van der Waals surface area contributed by atoms with Crippen molar-refractivity contribution in [3.63, 3.8) is 0 Å². The van der Waals surface area contributed by atoms with E-state index in [0.29, 0.717) is 0 Å². The van der Waals surface area contributed by atoms with Crippen LogP contribution in [0.1, 0.15) is 42.0 Å². The van der Waals surface area contributed by atoms with Gasteiger partial charge in [0.15, 0.2) is 0 Å². The first kappa shape index (κ1) is 14.7. The van der Waals surface area contributed by atoms with Gasteiger partial charge in [0.25, 0.3) is 0 Å². The number of aryl methyl sites for hydroxylation is 2. The summed E-state index contributed by atoms with van der Waals surface area (Å²) >= 11 is 0. The third kappa shape index (κ3) is 3.22. The number of aromatic nitrogens is 4. The van der Waals surface area contributed by atoms with Gasteiger partial charge in [-0.2, -0.15) is 5.10 Å². The van der Waals surface area contributed by atoms with E-state index in [1.807, 2.05) is 17.9 Å². The molecule has 1 N–H and O–H groups in total. The minimum Gasteiger partial charge on any atom is -0.309 e. The van der Waals surface area contributed by atoms with Gasteiger partial charge in [0.05, 0.1) is 17.4 Å². The molecule has 5 nitrogen and oxygen atoms in total. The Kier molecular flexibility index (Phi) is 4.84. The van der Waals surface area contributed by atoms with E-state index in [9.17, 15) is 0 Å². The molecule has 0 saturated carbocycles. The zero-order valence-electron chi connectivity index (χ0n) is 12.7.